The standard InChI is InChI=1S/C25H37N3O8.ClH/c1-25(2)35-18-22(36-25)17-34-23(30)8-5-19-3-6-21(7-4-19)33-16-20(29)15-26-9-10-27-24(31)28-11-13-32-14-12-28;/h3-8,20,22,26,29H,9-18H2,1-2H3,(H,27,31);1H/b8-5+;/t20-,22+;/m0./s1. The number of hydrogen-bond donors (Lipinski definition) is 3. The molecule has 2 amide bonds. The lowest BCUT2D eigenvalue weighted by Crippen LogP contribution is -2.47. The summed E-state index contributed by atoms with van der Waals surface area (Å²) in [4.78, 5) is 25.6. The molecule has 2 heterocycles. The number of hydrogen-bond acceptors (Lipinski definition) is 9. The molecule has 3 rings (SSSR count). The molecule has 1 aromatic carbocycles. The summed E-state index contributed by atoms with van der Waals surface area (Å²) in [7, 11) is 0. The molecule has 0 aliphatic carbocycles. The Morgan fingerprint density at radius 2 is 1.95 bits per heavy atom. The number of aliphatic hydroxyl groups is 1. The summed E-state index contributed by atoms with van der Waals surface area (Å²) < 4.78 is 27.1. The zero-order chi connectivity index (χ0) is 25.8. The minimum absolute atomic E-state index is 0. The van der Waals surface area contributed by atoms with Gasteiger partial charge in [0.15, 0.2) is 5.79 Å². The Bertz CT molecular complexity index is 862. The molecule has 0 radical (unpaired) electrons. The Labute approximate surface area is 223 Å². The first kappa shape index (κ1) is 30.8. The van der Waals surface area contributed by atoms with Crippen molar-refractivity contribution in [3.63, 3.8) is 0 Å². The molecule has 0 saturated carbocycles. The van der Waals surface area contributed by atoms with E-state index in [1.807, 2.05) is 13.8 Å². The molecule has 2 saturated heterocycles. The summed E-state index contributed by atoms with van der Waals surface area (Å²) in [6, 6.07) is 7.03. The molecule has 37 heavy (non-hydrogen) atoms. The third kappa shape index (κ3) is 11.7. The molecule has 0 unspecified atom stereocenters. The topological polar surface area (TPSA) is 128 Å². The third-order valence-corrected chi connectivity index (χ3v) is 5.47. The van der Waals surface area contributed by atoms with Gasteiger partial charge < -0.3 is 44.3 Å². The van der Waals surface area contributed by atoms with Gasteiger partial charge in [-0.15, -0.1) is 12.4 Å². The molecule has 11 nitrogen and oxygen atoms in total. The van der Waals surface area contributed by atoms with Gasteiger partial charge in [-0.25, -0.2) is 9.59 Å². The maximum Gasteiger partial charge on any atom is 0.330 e. The number of rotatable bonds is 12. The van der Waals surface area contributed by atoms with Crippen LogP contribution in [0.5, 0.6) is 5.75 Å². The highest BCUT2D eigenvalue weighted by atomic mass is 35.5. The molecular formula is C25H38ClN3O8. The highest BCUT2D eigenvalue weighted by molar-refractivity contribution is 5.87. The van der Waals surface area contributed by atoms with E-state index in [1.54, 1.807) is 35.2 Å². The second-order valence-electron chi connectivity index (χ2n) is 8.98. The Morgan fingerprint density at radius 1 is 1.22 bits per heavy atom. The lowest BCUT2D eigenvalue weighted by atomic mass is 10.2. The molecule has 1 aromatic rings. The van der Waals surface area contributed by atoms with E-state index in [4.69, 9.17) is 23.7 Å². The number of urea groups is 1. The first-order valence-electron chi connectivity index (χ1n) is 12.2. The zero-order valence-electron chi connectivity index (χ0n) is 21.4. The second kappa shape index (κ2) is 15.8. The summed E-state index contributed by atoms with van der Waals surface area (Å²) in [5.41, 5.74) is 0.808. The van der Waals surface area contributed by atoms with Crippen LogP contribution < -0.4 is 15.4 Å². The number of halogens is 1. The van der Waals surface area contributed by atoms with Crippen LogP contribution in [0.2, 0.25) is 0 Å². The molecule has 2 aliphatic rings. The first-order valence-corrected chi connectivity index (χ1v) is 12.2. The maximum atomic E-state index is 12.0. The van der Waals surface area contributed by atoms with E-state index in [0.717, 1.165) is 5.56 Å². The van der Waals surface area contributed by atoms with Gasteiger partial charge in [0.1, 0.15) is 31.2 Å². The quantitative estimate of drug-likeness (QED) is 0.202. The van der Waals surface area contributed by atoms with Crippen LogP contribution in [0.1, 0.15) is 19.4 Å². The van der Waals surface area contributed by atoms with E-state index in [0.29, 0.717) is 58.3 Å². The van der Waals surface area contributed by atoms with Crippen molar-refractivity contribution in [2.75, 3.05) is 65.8 Å². The fourth-order valence-corrected chi connectivity index (χ4v) is 3.56. The molecule has 2 fully saturated rings. The SMILES string of the molecule is CC1(C)OC[C@@H](COC(=O)/C=C/c2ccc(OC[C@@H](O)CNCCNC(=O)N3CCOCC3)cc2)O1.Cl. The van der Waals surface area contributed by atoms with Crippen LogP contribution in [0, 0.1) is 0 Å². The van der Waals surface area contributed by atoms with Crippen molar-refractivity contribution in [3.8, 4) is 5.75 Å². The van der Waals surface area contributed by atoms with Gasteiger partial charge in [0, 0.05) is 38.8 Å². The van der Waals surface area contributed by atoms with E-state index < -0.39 is 17.9 Å². The van der Waals surface area contributed by atoms with E-state index in [1.165, 1.54) is 6.08 Å². The molecule has 0 spiro atoms. The average molecular weight is 544 g/mol. The summed E-state index contributed by atoms with van der Waals surface area (Å²) >= 11 is 0. The lowest BCUT2D eigenvalue weighted by Gasteiger charge is -2.27. The van der Waals surface area contributed by atoms with Crippen molar-refractivity contribution in [2.45, 2.75) is 31.8 Å². The Morgan fingerprint density at radius 3 is 2.62 bits per heavy atom. The van der Waals surface area contributed by atoms with Crippen LogP contribution in [0.25, 0.3) is 6.08 Å². The number of benzene rings is 1. The van der Waals surface area contributed by atoms with Crippen LogP contribution >= 0.6 is 12.4 Å². The molecular weight excluding hydrogens is 506 g/mol. The molecule has 0 aromatic heterocycles. The lowest BCUT2D eigenvalue weighted by molar-refractivity contribution is -0.154. The van der Waals surface area contributed by atoms with Crippen molar-refractivity contribution in [2.24, 2.45) is 0 Å². The fourth-order valence-electron chi connectivity index (χ4n) is 3.56. The number of ether oxygens (including phenoxy) is 5. The summed E-state index contributed by atoms with van der Waals surface area (Å²) in [6.07, 6.45) is 2.04. The Balaban J connectivity index is 0.00000481. The van der Waals surface area contributed by atoms with Gasteiger partial charge in [0.2, 0.25) is 0 Å². The fraction of sp³-hybridized carbons (Fsp3) is 0.600. The van der Waals surface area contributed by atoms with Gasteiger partial charge in [-0.05, 0) is 37.6 Å². The summed E-state index contributed by atoms with van der Waals surface area (Å²) in [6.45, 7) is 7.97. The maximum absolute atomic E-state index is 12.0. The number of carbonyl (C=O) groups is 2. The highest BCUT2D eigenvalue weighted by Crippen LogP contribution is 2.22. The summed E-state index contributed by atoms with van der Waals surface area (Å²) in [5, 5.41) is 16.0. The van der Waals surface area contributed by atoms with Gasteiger partial charge in [0.05, 0.1) is 19.8 Å². The predicted octanol–water partition coefficient (Wildman–Crippen LogP) is 1.19. The van der Waals surface area contributed by atoms with Crippen LogP contribution in [0.3, 0.4) is 0 Å². The summed E-state index contributed by atoms with van der Waals surface area (Å²) in [5.74, 6) is -0.501. The molecule has 2 atom stereocenters. The number of aliphatic hydroxyl groups excluding tert-OH is 1. The monoisotopic (exact) mass is 543 g/mol. The molecule has 2 aliphatic heterocycles. The normalized spacial score (nSPS) is 19.8. The van der Waals surface area contributed by atoms with Crippen LogP contribution in [0.15, 0.2) is 30.3 Å². The number of nitrogens with zero attached hydrogens (tertiary/aromatic N) is 1. The van der Waals surface area contributed by atoms with Crippen molar-refractivity contribution in [3.05, 3.63) is 35.9 Å². The second-order valence-corrected chi connectivity index (χ2v) is 8.98. The molecule has 12 heteroatoms. The van der Waals surface area contributed by atoms with Gasteiger partial charge in [0.25, 0.3) is 0 Å². The van der Waals surface area contributed by atoms with Crippen molar-refractivity contribution >= 4 is 30.5 Å². The largest absolute Gasteiger partial charge is 0.491 e. The van der Waals surface area contributed by atoms with Gasteiger partial charge in [-0.1, -0.05) is 12.1 Å². The first-order chi connectivity index (χ1) is 17.3. The zero-order valence-corrected chi connectivity index (χ0v) is 22.2. The number of carbonyl (C=O) groups excluding carboxylic acids is 2. The molecule has 0 bridgehead atoms. The average Bonchev–Trinajstić information content (AvgIpc) is 3.24. The van der Waals surface area contributed by atoms with E-state index in [-0.39, 0.29) is 37.8 Å². The predicted molar refractivity (Wildman–Crippen MR) is 139 cm³/mol. The molecule has 208 valence electrons. The highest BCUT2D eigenvalue weighted by Gasteiger charge is 2.33. The number of morpholine rings is 1. The van der Waals surface area contributed by atoms with Crippen LogP contribution in [-0.2, 0) is 23.7 Å². The van der Waals surface area contributed by atoms with Crippen LogP contribution in [0.4, 0.5) is 4.79 Å². The van der Waals surface area contributed by atoms with Crippen LogP contribution in [-0.4, -0.2) is 106 Å². The van der Waals surface area contributed by atoms with Crippen molar-refractivity contribution < 1.29 is 38.4 Å². The number of amides is 2. The van der Waals surface area contributed by atoms with E-state index in [2.05, 4.69) is 10.6 Å². The molecule has 3 N–H and O–H groups in total. The smallest absolute Gasteiger partial charge is 0.330 e. The van der Waals surface area contributed by atoms with Gasteiger partial charge in [-0.3, -0.25) is 0 Å². The van der Waals surface area contributed by atoms with E-state index in [9.17, 15) is 14.7 Å². The third-order valence-electron chi connectivity index (χ3n) is 5.47. The van der Waals surface area contributed by atoms with Gasteiger partial charge in [-0.2, -0.15) is 0 Å². The minimum atomic E-state index is -0.700. The number of nitrogens with one attached hydrogen (secondary N) is 2. The number of esters is 1. The van der Waals surface area contributed by atoms with Gasteiger partial charge >= 0.3 is 12.0 Å². The van der Waals surface area contributed by atoms with Crippen molar-refractivity contribution in [1.29, 1.82) is 0 Å². The Kier molecular flexibility index (Phi) is 13.1. The minimum Gasteiger partial charge on any atom is -0.491 e. The van der Waals surface area contributed by atoms with Crippen molar-refractivity contribution in [1.82, 2.24) is 15.5 Å². The van der Waals surface area contributed by atoms with E-state index >= 15 is 0 Å². The Hall–Kier alpha value is -2.41.